The number of carboxylic acid groups (broad SMARTS) is 1. The summed E-state index contributed by atoms with van der Waals surface area (Å²) in [5.74, 6) is -2.82. The summed E-state index contributed by atoms with van der Waals surface area (Å²) in [7, 11) is 0. The number of carbonyl (C=O) groups is 1. The molecule has 1 heterocycles. The molecule has 0 spiro atoms. The molecule has 5 nitrogen and oxygen atoms in total. The third-order valence-corrected chi connectivity index (χ3v) is 4.36. The minimum absolute atomic E-state index is 0.0335. The minimum Gasteiger partial charge on any atom is -0.483 e. The highest BCUT2D eigenvalue weighted by Gasteiger charge is 2.18. The zero-order valence-electron chi connectivity index (χ0n) is 15.5. The van der Waals surface area contributed by atoms with Crippen LogP contribution in [0, 0.1) is 25.5 Å². The third-order valence-electron chi connectivity index (χ3n) is 4.36. The number of aryl methyl sites for hydroxylation is 3. The van der Waals surface area contributed by atoms with Gasteiger partial charge in [-0.15, -0.1) is 0 Å². The molecule has 1 aromatic heterocycles. The van der Waals surface area contributed by atoms with E-state index in [0.29, 0.717) is 17.0 Å². The van der Waals surface area contributed by atoms with Crippen molar-refractivity contribution in [3.8, 4) is 17.0 Å². The molecular weight excluding hydrogens is 368 g/mol. The Balaban J connectivity index is 1.80. The van der Waals surface area contributed by atoms with Crippen LogP contribution >= 0.6 is 0 Å². The topological polar surface area (TPSA) is 72.6 Å². The molecule has 0 bridgehead atoms. The first-order chi connectivity index (χ1) is 13.3. The second kappa shape index (κ2) is 8.21. The van der Waals surface area contributed by atoms with Crippen LogP contribution in [0.25, 0.3) is 11.3 Å². The maximum absolute atomic E-state index is 14.3. The lowest BCUT2D eigenvalue weighted by molar-refractivity contribution is -0.136. The number of rotatable bonds is 7. The van der Waals surface area contributed by atoms with E-state index in [-0.39, 0.29) is 25.0 Å². The molecule has 0 saturated heterocycles. The first kappa shape index (κ1) is 19.5. The molecule has 146 valence electrons. The van der Waals surface area contributed by atoms with Gasteiger partial charge in [-0.25, -0.2) is 8.78 Å². The molecule has 1 N–H and O–H groups in total. The van der Waals surface area contributed by atoms with Crippen molar-refractivity contribution in [1.29, 1.82) is 0 Å². The monoisotopic (exact) mass is 387 g/mol. The zero-order valence-corrected chi connectivity index (χ0v) is 15.5. The number of aliphatic carboxylic acids is 1. The number of ether oxygens (including phenoxy) is 1. The van der Waals surface area contributed by atoms with Gasteiger partial charge in [0.25, 0.3) is 0 Å². The number of benzene rings is 2. The predicted octanol–water partition coefficient (Wildman–Crippen LogP) is 4.83. The Morgan fingerprint density at radius 2 is 1.79 bits per heavy atom. The molecule has 2 aromatic carbocycles. The molecule has 0 aliphatic heterocycles. The van der Waals surface area contributed by atoms with Gasteiger partial charge in [0.2, 0.25) is 0 Å². The van der Waals surface area contributed by atoms with E-state index in [1.807, 2.05) is 31.2 Å². The molecule has 0 saturated carbocycles. The SMILES string of the molecule is Cc1ccc(-c2noc(C)c2COc2c(F)cc(CCC(=O)O)cc2F)cc1. The molecule has 0 aliphatic carbocycles. The highest BCUT2D eigenvalue weighted by Crippen LogP contribution is 2.29. The van der Waals surface area contributed by atoms with E-state index in [0.717, 1.165) is 23.3 Å². The number of hydrogen-bond acceptors (Lipinski definition) is 4. The van der Waals surface area contributed by atoms with E-state index in [9.17, 15) is 13.6 Å². The standard InChI is InChI=1S/C21H19F2NO4/c1-12-3-6-15(7-4-12)20-16(13(2)28-24-20)11-27-21-17(22)9-14(10-18(21)23)5-8-19(25)26/h3-4,6-7,9-10H,5,8,11H2,1-2H3,(H,25,26). The van der Waals surface area contributed by atoms with Crippen LogP contribution in [0.3, 0.4) is 0 Å². The van der Waals surface area contributed by atoms with Gasteiger partial charge in [-0.05, 0) is 38.0 Å². The fraction of sp³-hybridized carbons (Fsp3) is 0.238. The summed E-state index contributed by atoms with van der Waals surface area (Å²) in [6.45, 7) is 3.54. The van der Waals surface area contributed by atoms with E-state index in [4.69, 9.17) is 14.4 Å². The summed E-state index contributed by atoms with van der Waals surface area (Å²) < 4.78 is 39.2. The first-order valence-electron chi connectivity index (χ1n) is 8.70. The molecule has 0 amide bonds. The van der Waals surface area contributed by atoms with Crippen molar-refractivity contribution in [1.82, 2.24) is 5.16 Å². The van der Waals surface area contributed by atoms with Crippen LogP contribution in [0.15, 0.2) is 40.9 Å². The van der Waals surface area contributed by atoms with E-state index < -0.39 is 23.4 Å². The zero-order chi connectivity index (χ0) is 20.3. The average Bonchev–Trinajstić information content (AvgIpc) is 3.00. The molecule has 28 heavy (non-hydrogen) atoms. The smallest absolute Gasteiger partial charge is 0.303 e. The molecule has 3 aromatic rings. The Morgan fingerprint density at radius 3 is 2.39 bits per heavy atom. The van der Waals surface area contributed by atoms with Gasteiger partial charge in [0.05, 0.1) is 5.56 Å². The van der Waals surface area contributed by atoms with Crippen molar-refractivity contribution < 1.29 is 27.9 Å². The van der Waals surface area contributed by atoms with Crippen LogP contribution < -0.4 is 4.74 Å². The summed E-state index contributed by atoms with van der Waals surface area (Å²) in [6.07, 6.45) is -0.176. The average molecular weight is 387 g/mol. The number of aromatic nitrogens is 1. The fourth-order valence-electron chi connectivity index (χ4n) is 2.79. The largest absolute Gasteiger partial charge is 0.483 e. The second-order valence-corrected chi connectivity index (χ2v) is 6.50. The van der Waals surface area contributed by atoms with Crippen LogP contribution in [0.5, 0.6) is 5.75 Å². The van der Waals surface area contributed by atoms with Crippen molar-refractivity contribution in [2.75, 3.05) is 0 Å². The fourth-order valence-corrected chi connectivity index (χ4v) is 2.79. The summed E-state index contributed by atoms with van der Waals surface area (Å²) in [5, 5.41) is 12.7. The number of carboxylic acids is 1. The summed E-state index contributed by atoms with van der Waals surface area (Å²) in [5.41, 5.74) is 3.31. The minimum atomic E-state index is -1.03. The van der Waals surface area contributed by atoms with Crippen LogP contribution in [0.2, 0.25) is 0 Å². The normalized spacial score (nSPS) is 10.9. The number of hydrogen-bond donors (Lipinski definition) is 1. The second-order valence-electron chi connectivity index (χ2n) is 6.50. The van der Waals surface area contributed by atoms with Gasteiger partial charge in [-0.3, -0.25) is 4.79 Å². The molecule has 0 fully saturated rings. The van der Waals surface area contributed by atoms with Gasteiger partial charge in [0.15, 0.2) is 17.4 Å². The molecule has 3 rings (SSSR count). The van der Waals surface area contributed by atoms with E-state index in [1.165, 1.54) is 0 Å². The van der Waals surface area contributed by atoms with E-state index >= 15 is 0 Å². The molecule has 0 radical (unpaired) electrons. The molecule has 0 unspecified atom stereocenters. The number of halogens is 2. The maximum atomic E-state index is 14.3. The lowest BCUT2D eigenvalue weighted by Gasteiger charge is -2.10. The van der Waals surface area contributed by atoms with Gasteiger partial charge >= 0.3 is 5.97 Å². The Morgan fingerprint density at radius 1 is 1.14 bits per heavy atom. The Kier molecular flexibility index (Phi) is 5.73. The van der Waals surface area contributed by atoms with Gasteiger partial charge in [-0.1, -0.05) is 35.0 Å². The third kappa shape index (κ3) is 4.36. The Bertz CT molecular complexity index is 973. The van der Waals surface area contributed by atoms with Crippen molar-refractivity contribution in [2.24, 2.45) is 0 Å². The lowest BCUT2D eigenvalue weighted by Crippen LogP contribution is -2.04. The lowest BCUT2D eigenvalue weighted by atomic mass is 10.1. The Hall–Kier alpha value is -3.22. The van der Waals surface area contributed by atoms with Crippen LogP contribution in [0.4, 0.5) is 8.78 Å². The van der Waals surface area contributed by atoms with E-state index in [2.05, 4.69) is 5.16 Å². The van der Waals surface area contributed by atoms with Crippen LogP contribution in [-0.4, -0.2) is 16.2 Å². The quantitative estimate of drug-likeness (QED) is 0.628. The molecule has 0 atom stereocenters. The first-order valence-corrected chi connectivity index (χ1v) is 8.70. The van der Waals surface area contributed by atoms with Gasteiger partial charge in [0.1, 0.15) is 18.1 Å². The highest BCUT2D eigenvalue weighted by molar-refractivity contribution is 5.67. The van der Waals surface area contributed by atoms with Crippen molar-refractivity contribution >= 4 is 5.97 Å². The predicted molar refractivity (Wildman–Crippen MR) is 98.1 cm³/mol. The summed E-state index contributed by atoms with van der Waals surface area (Å²) in [6, 6.07) is 9.80. The molecule has 0 aliphatic rings. The highest BCUT2D eigenvalue weighted by atomic mass is 19.1. The van der Waals surface area contributed by atoms with Crippen LogP contribution in [-0.2, 0) is 17.8 Å². The number of nitrogens with zero attached hydrogens (tertiary/aromatic N) is 1. The van der Waals surface area contributed by atoms with Gasteiger partial charge in [0, 0.05) is 12.0 Å². The van der Waals surface area contributed by atoms with Crippen molar-refractivity contribution in [3.05, 3.63) is 70.5 Å². The summed E-state index contributed by atoms with van der Waals surface area (Å²) in [4.78, 5) is 10.6. The van der Waals surface area contributed by atoms with Crippen molar-refractivity contribution in [2.45, 2.75) is 33.3 Å². The van der Waals surface area contributed by atoms with E-state index in [1.54, 1.807) is 6.92 Å². The molecule has 7 heteroatoms. The van der Waals surface area contributed by atoms with Gasteiger partial charge < -0.3 is 14.4 Å². The van der Waals surface area contributed by atoms with Crippen LogP contribution in [0.1, 0.15) is 28.9 Å². The Labute approximate surface area is 160 Å². The van der Waals surface area contributed by atoms with Crippen molar-refractivity contribution in [3.63, 3.8) is 0 Å². The van der Waals surface area contributed by atoms with Gasteiger partial charge in [-0.2, -0.15) is 0 Å². The summed E-state index contributed by atoms with van der Waals surface area (Å²) >= 11 is 0. The molecular formula is C21H19F2NO4. The maximum Gasteiger partial charge on any atom is 0.303 e.